The van der Waals surface area contributed by atoms with Gasteiger partial charge in [0.05, 0.1) is 19.6 Å². The average Bonchev–Trinajstić information content (AvgIpc) is 3.18. The molecule has 8 heteroatoms. The molecular weight excluding hydrogens is 426 g/mol. The van der Waals surface area contributed by atoms with Gasteiger partial charge in [0.2, 0.25) is 0 Å². The van der Waals surface area contributed by atoms with E-state index in [2.05, 4.69) is 10.2 Å². The summed E-state index contributed by atoms with van der Waals surface area (Å²) in [5, 5.41) is 3.98. The van der Waals surface area contributed by atoms with Gasteiger partial charge in [0, 0.05) is 37.8 Å². The van der Waals surface area contributed by atoms with Crippen molar-refractivity contribution in [1.82, 2.24) is 15.1 Å². The van der Waals surface area contributed by atoms with Crippen molar-refractivity contribution in [1.29, 1.82) is 0 Å². The highest BCUT2D eigenvalue weighted by Gasteiger charge is 2.42. The minimum Gasteiger partial charge on any atom is -0.494 e. The minimum atomic E-state index is -0.210. The van der Waals surface area contributed by atoms with Crippen molar-refractivity contribution in [2.45, 2.75) is 52.5 Å². The fourth-order valence-electron chi connectivity index (χ4n) is 4.57. The summed E-state index contributed by atoms with van der Waals surface area (Å²) in [4.78, 5) is 28.8. The molecule has 32 heavy (non-hydrogen) atoms. The molecule has 0 saturated carbocycles. The van der Waals surface area contributed by atoms with Crippen molar-refractivity contribution >= 4 is 29.2 Å². The lowest BCUT2D eigenvalue weighted by atomic mass is 9.77. The second kappa shape index (κ2) is 11.0. The number of carbonyl (C=O) groups is 2. The molecule has 1 unspecified atom stereocenters. The molecule has 1 atom stereocenters. The van der Waals surface area contributed by atoms with E-state index in [9.17, 15) is 9.59 Å². The first-order valence-electron chi connectivity index (χ1n) is 11.6. The molecule has 7 nitrogen and oxygen atoms in total. The molecule has 3 rings (SSSR count). The fraction of sp³-hybridized carbons (Fsp3) is 0.625. The normalized spacial score (nSPS) is 18.3. The fourth-order valence-corrected chi connectivity index (χ4v) is 4.92. The molecule has 176 valence electrons. The van der Waals surface area contributed by atoms with Gasteiger partial charge in [0.15, 0.2) is 5.11 Å². The molecule has 1 N–H and O–H groups in total. The highest BCUT2D eigenvalue weighted by atomic mass is 32.1. The number of thiocarbonyl (C=S) groups is 1. The van der Waals surface area contributed by atoms with E-state index in [0.717, 1.165) is 51.2 Å². The van der Waals surface area contributed by atoms with Gasteiger partial charge in [-0.05, 0) is 81.9 Å². The number of likely N-dealkylation sites (tertiary alicyclic amines) is 2. The summed E-state index contributed by atoms with van der Waals surface area (Å²) in [6.45, 7) is 10.0. The summed E-state index contributed by atoms with van der Waals surface area (Å²) in [5.74, 6) is 0.661. The summed E-state index contributed by atoms with van der Waals surface area (Å²) < 4.78 is 10.5. The highest BCUT2D eigenvalue weighted by molar-refractivity contribution is 7.80. The van der Waals surface area contributed by atoms with E-state index in [1.54, 1.807) is 6.92 Å². The number of esters is 1. The van der Waals surface area contributed by atoms with Crippen LogP contribution >= 0.6 is 12.2 Å². The zero-order valence-corrected chi connectivity index (χ0v) is 20.2. The summed E-state index contributed by atoms with van der Waals surface area (Å²) in [7, 11) is 0. The van der Waals surface area contributed by atoms with E-state index >= 15 is 0 Å². The molecule has 2 heterocycles. The molecule has 2 fully saturated rings. The van der Waals surface area contributed by atoms with Crippen molar-refractivity contribution in [2.24, 2.45) is 5.41 Å². The van der Waals surface area contributed by atoms with E-state index in [1.165, 1.54) is 0 Å². The van der Waals surface area contributed by atoms with Crippen LogP contribution in [-0.2, 0) is 9.53 Å². The van der Waals surface area contributed by atoms with Crippen molar-refractivity contribution in [3.8, 4) is 5.75 Å². The number of piperidine rings is 1. The number of benzene rings is 1. The number of hydrogen-bond donors (Lipinski definition) is 1. The van der Waals surface area contributed by atoms with Crippen LogP contribution in [-0.4, -0.2) is 72.2 Å². The third-order valence-corrected chi connectivity index (χ3v) is 6.77. The van der Waals surface area contributed by atoms with Crippen LogP contribution in [0.5, 0.6) is 5.75 Å². The Morgan fingerprint density at radius 3 is 2.28 bits per heavy atom. The topological polar surface area (TPSA) is 71.1 Å². The number of nitrogens with zero attached hydrogens (tertiary/aromatic N) is 2. The number of nitrogens with one attached hydrogen (secondary N) is 1. The number of rotatable bonds is 7. The van der Waals surface area contributed by atoms with Crippen LogP contribution in [0.1, 0.15) is 56.8 Å². The predicted octanol–water partition coefficient (Wildman–Crippen LogP) is 3.23. The molecule has 1 spiro atoms. The Hall–Kier alpha value is -2.35. The minimum absolute atomic E-state index is 0.0633. The van der Waals surface area contributed by atoms with Crippen molar-refractivity contribution in [3.05, 3.63) is 29.8 Å². The maximum absolute atomic E-state index is 12.9. The Morgan fingerprint density at radius 2 is 1.69 bits per heavy atom. The summed E-state index contributed by atoms with van der Waals surface area (Å²) in [6.07, 6.45) is 3.34. The van der Waals surface area contributed by atoms with Crippen molar-refractivity contribution in [2.75, 3.05) is 39.4 Å². The van der Waals surface area contributed by atoms with Gasteiger partial charge >= 0.3 is 5.97 Å². The zero-order valence-electron chi connectivity index (χ0n) is 19.4. The molecule has 2 aliphatic heterocycles. The van der Waals surface area contributed by atoms with E-state index in [1.807, 2.05) is 43.0 Å². The number of hydrogen-bond acceptors (Lipinski definition) is 5. The Kier molecular flexibility index (Phi) is 8.34. The van der Waals surface area contributed by atoms with Crippen LogP contribution in [0.4, 0.5) is 0 Å². The third-order valence-electron chi connectivity index (χ3n) is 6.40. The van der Waals surface area contributed by atoms with Gasteiger partial charge < -0.3 is 24.6 Å². The predicted molar refractivity (Wildman–Crippen MR) is 128 cm³/mol. The molecule has 1 aromatic carbocycles. The van der Waals surface area contributed by atoms with Crippen LogP contribution in [0.15, 0.2) is 24.3 Å². The van der Waals surface area contributed by atoms with E-state index in [0.29, 0.717) is 30.3 Å². The van der Waals surface area contributed by atoms with Crippen LogP contribution in [0.3, 0.4) is 0 Å². The Balaban J connectivity index is 1.47. The number of amides is 1. The first kappa shape index (κ1) is 24.3. The van der Waals surface area contributed by atoms with Crippen LogP contribution < -0.4 is 10.1 Å². The summed E-state index contributed by atoms with van der Waals surface area (Å²) in [5.41, 5.74) is 0.907. The first-order valence-corrected chi connectivity index (χ1v) is 12.0. The molecule has 0 aliphatic carbocycles. The van der Waals surface area contributed by atoms with Crippen LogP contribution in [0.2, 0.25) is 0 Å². The lowest BCUT2D eigenvalue weighted by molar-refractivity contribution is -0.143. The Bertz CT molecular complexity index is 806. The molecule has 0 bridgehead atoms. The lowest BCUT2D eigenvalue weighted by Gasteiger charge is -2.39. The summed E-state index contributed by atoms with van der Waals surface area (Å²) in [6, 6.07) is 7.33. The molecular formula is C24H35N3O4S. The Labute approximate surface area is 196 Å². The number of ether oxygens (including phenoxy) is 2. The Morgan fingerprint density at radius 1 is 1.06 bits per heavy atom. The van der Waals surface area contributed by atoms with Crippen LogP contribution in [0.25, 0.3) is 0 Å². The smallest absolute Gasteiger partial charge is 0.307 e. The molecule has 1 aromatic rings. The first-order chi connectivity index (χ1) is 15.4. The van der Waals surface area contributed by atoms with Gasteiger partial charge in [-0.2, -0.15) is 0 Å². The van der Waals surface area contributed by atoms with Gasteiger partial charge in [0.25, 0.3) is 5.91 Å². The van der Waals surface area contributed by atoms with Crippen molar-refractivity contribution < 1.29 is 19.1 Å². The maximum atomic E-state index is 12.9. The van der Waals surface area contributed by atoms with Gasteiger partial charge in [-0.15, -0.1) is 0 Å². The highest BCUT2D eigenvalue weighted by Crippen LogP contribution is 2.40. The zero-order chi connectivity index (χ0) is 23.1. The molecule has 0 radical (unpaired) electrons. The van der Waals surface area contributed by atoms with E-state index < -0.39 is 0 Å². The number of carbonyl (C=O) groups excluding carboxylic acids is 2. The SMILES string of the molecule is CCOC(=O)CC(C)NC(=S)N1CCC2(CCN(C(=O)c3ccc(OCC)cc3)CC2)C1. The van der Waals surface area contributed by atoms with Crippen molar-refractivity contribution in [3.63, 3.8) is 0 Å². The third kappa shape index (κ3) is 6.12. The molecule has 2 aliphatic rings. The van der Waals surface area contributed by atoms with Gasteiger partial charge in [-0.25, -0.2) is 0 Å². The van der Waals surface area contributed by atoms with E-state index in [4.69, 9.17) is 21.7 Å². The molecule has 1 amide bonds. The van der Waals surface area contributed by atoms with Gasteiger partial charge in [0.1, 0.15) is 5.75 Å². The van der Waals surface area contributed by atoms with E-state index in [-0.39, 0.29) is 23.3 Å². The molecule has 0 aromatic heterocycles. The van der Waals surface area contributed by atoms with Crippen LogP contribution in [0, 0.1) is 5.41 Å². The lowest BCUT2D eigenvalue weighted by Crippen LogP contribution is -2.47. The second-order valence-corrected chi connectivity index (χ2v) is 9.17. The monoisotopic (exact) mass is 461 g/mol. The largest absolute Gasteiger partial charge is 0.494 e. The average molecular weight is 462 g/mol. The van der Waals surface area contributed by atoms with Gasteiger partial charge in [-0.3, -0.25) is 9.59 Å². The quantitative estimate of drug-likeness (QED) is 0.494. The summed E-state index contributed by atoms with van der Waals surface area (Å²) >= 11 is 5.61. The second-order valence-electron chi connectivity index (χ2n) is 8.78. The standard InChI is InChI=1S/C24H35N3O4S/c1-4-30-20-8-6-19(7-9-20)22(29)26-13-10-24(11-14-26)12-15-27(17-24)23(32)25-18(3)16-21(28)31-5-2/h6-9,18H,4-5,10-17H2,1-3H3,(H,25,32). The van der Waals surface area contributed by atoms with Gasteiger partial charge in [-0.1, -0.05) is 0 Å². The molecule has 2 saturated heterocycles. The maximum Gasteiger partial charge on any atom is 0.307 e.